The highest BCUT2D eigenvalue weighted by Gasteiger charge is 2.33. The third kappa shape index (κ3) is 12.0. The van der Waals surface area contributed by atoms with Crippen molar-refractivity contribution in [1.29, 1.82) is 0 Å². The molecule has 0 spiro atoms. The van der Waals surface area contributed by atoms with E-state index in [9.17, 15) is 5.11 Å². The molecule has 2 unspecified atom stereocenters. The van der Waals surface area contributed by atoms with Crippen molar-refractivity contribution in [2.45, 2.75) is 83.5 Å². The Labute approximate surface area is 373 Å². The summed E-state index contributed by atoms with van der Waals surface area (Å²) in [6, 6.07) is 52.3. The van der Waals surface area contributed by atoms with Crippen LogP contribution in [-0.2, 0) is 12.8 Å². The number of alkyl halides is 3. The van der Waals surface area contributed by atoms with Crippen LogP contribution in [0.15, 0.2) is 146 Å². The molecule has 304 valence electrons. The minimum atomic E-state index is 0. The fourth-order valence-electron chi connectivity index (χ4n) is 8.59. The van der Waals surface area contributed by atoms with E-state index in [-0.39, 0.29) is 7.43 Å². The van der Waals surface area contributed by atoms with Gasteiger partial charge in [0.05, 0.1) is 6.61 Å². The van der Waals surface area contributed by atoms with Gasteiger partial charge >= 0.3 is 0 Å². The zero-order chi connectivity index (χ0) is 40.0. The Balaban J connectivity index is 0.000000197. The van der Waals surface area contributed by atoms with Crippen molar-refractivity contribution in [1.82, 2.24) is 0 Å². The zero-order valence-electron chi connectivity index (χ0n) is 33.2. The van der Waals surface area contributed by atoms with E-state index in [1.54, 1.807) is 12.1 Å². The normalized spacial score (nSPS) is 17.8. The molecule has 0 saturated heterocycles. The van der Waals surface area contributed by atoms with Crippen LogP contribution in [0.25, 0.3) is 0 Å². The summed E-state index contributed by atoms with van der Waals surface area (Å²) in [5.41, 5.74) is 14.1. The number of phenolic OH excluding ortho intramolecular Hbond substituents is 1. The van der Waals surface area contributed by atoms with E-state index in [2.05, 4.69) is 195 Å². The van der Waals surface area contributed by atoms with E-state index in [1.165, 1.54) is 68.5 Å². The Hall–Kier alpha value is -3.64. The predicted octanol–water partition coefficient (Wildman–Crippen LogP) is 15.4. The van der Waals surface area contributed by atoms with Gasteiger partial charge in [-0.2, -0.15) is 0 Å². The summed E-state index contributed by atoms with van der Waals surface area (Å²) < 4.78 is 5.86. The van der Waals surface area contributed by atoms with Crippen molar-refractivity contribution in [2.24, 2.45) is 0 Å². The average molecular weight is 968 g/mol. The molecule has 1 N–H and O–H groups in total. The summed E-state index contributed by atoms with van der Waals surface area (Å²) >= 11 is 10.0. The van der Waals surface area contributed by atoms with E-state index >= 15 is 0 Å². The molecule has 0 bridgehead atoms. The number of fused-ring (bicyclic) bond motifs is 2. The number of halogens is 3. The van der Waals surface area contributed by atoms with E-state index in [0.29, 0.717) is 29.4 Å². The lowest BCUT2D eigenvalue weighted by Crippen LogP contribution is -2.20. The van der Waals surface area contributed by atoms with Crippen LogP contribution < -0.4 is 4.74 Å². The van der Waals surface area contributed by atoms with Gasteiger partial charge in [-0.05, 0) is 133 Å². The number of hydrogen-bond acceptors (Lipinski definition) is 2. The molecular formula is C53H59Br3O2. The maximum absolute atomic E-state index is 9.67. The molecule has 0 fully saturated rings. The Morgan fingerprint density at radius 2 is 0.948 bits per heavy atom. The fourth-order valence-corrected chi connectivity index (χ4v) is 10.1. The van der Waals surface area contributed by atoms with Crippen molar-refractivity contribution in [2.75, 3.05) is 22.6 Å². The first kappa shape index (κ1) is 45.4. The largest absolute Gasteiger partial charge is 0.508 e. The predicted molar refractivity (Wildman–Crippen MR) is 258 cm³/mol. The number of rotatable bonds is 10. The highest BCUT2D eigenvalue weighted by molar-refractivity contribution is 9.09. The van der Waals surface area contributed by atoms with Gasteiger partial charge in [0.25, 0.3) is 0 Å². The van der Waals surface area contributed by atoms with Crippen molar-refractivity contribution < 1.29 is 9.84 Å². The zero-order valence-corrected chi connectivity index (χ0v) is 38.0. The van der Waals surface area contributed by atoms with Crippen LogP contribution in [0.2, 0.25) is 0 Å². The Bertz CT molecular complexity index is 2100. The van der Waals surface area contributed by atoms with Crippen molar-refractivity contribution >= 4 is 47.8 Å². The number of benzene rings is 6. The quantitative estimate of drug-likeness (QED) is 0.109. The number of phenols is 1. The van der Waals surface area contributed by atoms with Crippen molar-refractivity contribution in [3.63, 3.8) is 0 Å². The monoisotopic (exact) mass is 964 g/mol. The average Bonchev–Trinajstić information content (AvgIpc) is 3.25. The summed E-state index contributed by atoms with van der Waals surface area (Å²) in [5.74, 6) is 3.01. The molecule has 8 rings (SSSR count). The molecule has 0 aliphatic heterocycles. The highest BCUT2D eigenvalue weighted by Crippen LogP contribution is 2.48. The topological polar surface area (TPSA) is 29.5 Å². The third-order valence-electron chi connectivity index (χ3n) is 11.3. The van der Waals surface area contributed by atoms with Crippen LogP contribution in [0.3, 0.4) is 0 Å². The molecule has 2 aliphatic carbocycles. The Kier molecular flexibility index (Phi) is 18.2. The number of ether oxygens (including phenoxy) is 1. The molecular weight excluding hydrogens is 908 g/mol. The molecule has 0 radical (unpaired) electrons. The lowest BCUT2D eigenvalue weighted by atomic mass is 9.69. The second kappa shape index (κ2) is 23.2. The lowest BCUT2D eigenvalue weighted by Gasteiger charge is -2.35. The van der Waals surface area contributed by atoms with Crippen LogP contribution in [0.5, 0.6) is 11.5 Å². The molecule has 4 atom stereocenters. The third-order valence-corrected chi connectivity index (χ3v) is 13.0. The van der Waals surface area contributed by atoms with Gasteiger partial charge in [0.15, 0.2) is 0 Å². The smallest absolute Gasteiger partial charge is 0.119 e. The maximum atomic E-state index is 9.67. The minimum absolute atomic E-state index is 0. The molecule has 2 nitrogen and oxygen atoms in total. The van der Waals surface area contributed by atoms with Crippen LogP contribution in [0.1, 0.15) is 112 Å². The number of aryl methyl sites for hydroxylation is 4. The first-order valence-corrected chi connectivity index (χ1v) is 23.7. The molecule has 6 aromatic carbocycles. The number of aromatic hydroxyl groups is 1. The van der Waals surface area contributed by atoms with E-state index in [4.69, 9.17) is 4.74 Å². The summed E-state index contributed by atoms with van der Waals surface area (Å²) in [4.78, 5) is 0. The molecule has 0 heterocycles. The molecule has 6 aromatic rings. The molecule has 0 saturated carbocycles. The van der Waals surface area contributed by atoms with Gasteiger partial charge in [-0.15, -0.1) is 0 Å². The van der Waals surface area contributed by atoms with Crippen LogP contribution in [0.4, 0.5) is 0 Å². The highest BCUT2D eigenvalue weighted by atomic mass is 79.9. The standard InChI is InChI=1S/C26H27BrO.C23H22O.C3H6Br2.CH4/c1-19-8-14-25-22(18-19)11-15-24(20-6-3-2-4-7-20)26(25)21-9-12-23(13-10-21)28-17-5-16-27;1-16-7-13-22-19(15-16)10-14-21(17-5-3-2-4-6-17)23(22)18-8-11-20(24)12-9-18;4-2-1-3-5;/h2-4,6-10,12-14,18,24,26H,5,11,15-17H2,1H3;2-9,11-13,15,21,23-24H,10,14H2,1H3;1-3H2;1H4/t24-,26?;21-,23?;;/m11../s1. The molecule has 2 aliphatic rings. The van der Waals surface area contributed by atoms with Crippen molar-refractivity contribution in [3.05, 3.63) is 201 Å². The first-order chi connectivity index (χ1) is 27.9. The Morgan fingerprint density at radius 1 is 0.517 bits per heavy atom. The minimum Gasteiger partial charge on any atom is -0.508 e. The van der Waals surface area contributed by atoms with Crippen LogP contribution in [-0.4, -0.2) is 27.7 Å². The lowest BCUT2D eigenvalue weighted by molar-refractivity contribution is 0.319. The van der Waals surface area contributed by atoms with Gasteiger partial charge in [-0.3, -0.25) is 0 Å². The van der Waals surface area contributed by atoms with Gasteiger partial charge in [0, 0.05) is 27.8 Å². The van der Waals surface area contributed by atoms with E-state index < -0.39 is 0 Å². The van der Waals surface area contributed by atoms with Gasteiger partial charge in [-0.1, -0.05) is 188 Å². The Morgan fingerprint density at radius 3 is 1.36 bits per heavy atom. The maximum Gasteiger partial charge on any atom is 0.119 e. The van der Waals surface area contributed by atoms with Gasteiger partial charge in [-0.25, -0.2) is 0 Å². The summed E-state index contributed by atoms with van der Waals surface area (Å²) in [6.45, 7) is 5.11. The van der Waals surface area contributed by atoms with Gasteiger partial charge in [0.1, 0.15) is 11.5 Å². The first-order valence-electron chi connectivity index (χ1n) is 20.4. The second-order valence-corrected chi connectivity index (χ2v) is 17.6. The van der Waals surface area contributed by atoms with Crippen LogP contribution >= 0.6 is 47.8 Å². The van der Waals surface area contributed by atoms with Crippen molar-refractivity contribution in [3.8, 4) is 11.5 Å². The number of hydrogen-bond donors (Lipinski definition) is 1. The van der Waals surface area contributed by atoms with E-state index in [0.717, 1.165) is 54.0 Å². The SMILES string of the molecule is BrCCCBr.C.Cc1ccc2c(c1)CC[C@H](c1ccccc1)C2c1ccc(O)cc1.Cc1ccc2c(c1)CC[C@H](c1ccccc1)C2c1ccc(OCCCBr)cc1. The van der Waals surface area contributed by atoms with Gasteiger partial charge in [0.2, 0.25) is 0 Å². The molecule has 5 heteroatoms. The fraction of sp³-hybridized carbons (Fsp3) is 0.321. The second-order valence-electron chi connectivity index (χ2n) is 15.3. The van der Waals surface area contributed by atoms with E-state index in [1.807, 2.05) is 0 Å². The molecule has 0 amide bonds. The summed E-state index contributed by atoms with van der Waals surface area (Å²) in [5, 5.41) is 12.9. The summed E-state index contributed by atoms with van der Waals surface area (Å²) in [6.07, 6.45) is 6.87. The van der Waals surface area contributed by atoms with Crippen LogP contribution in [0, 0.1) is 13.8 Å². The summed E-state index contributed by atoms with van der Waals surface area (Å²) in [7, 11) is 0. The molecule has 58 heavy (non-hydrogen) atoms. The molecule has 0 aromatic heterocycles. The van der Waals surface area contributed by atoms with Gasteiger partial charge < -0.3 is 9.84 Å².